The number of hydrazone groups is 1. The van der Waals surface area contributed by atoms with Gasteiger partial charge in [-0.05, 0) is 23.8 Å². The van der Waals surface area contributed by atoms with Crippen molar-refractivity contribution in [3.05, 3.63) is 63.7 Å². The van der Waals surface area contributed by atoms with Crippen LogP contribution in [0.15, 0.2) is 47.6 Å². The largest absolute Gasteiger partial charge is 0.497 e. The normalized spacial score (nSPS) is 10.5. The van der Waals surface area contributed by atoms with Gasteiger partial charge in [0.25, 0.3) is 5.69 Å². The van der Waals surface area contributed by atoms with Crippen molar-refractivity contribution in [1.82, 2.24) is 5.43 Å². The smallest absolute Gasteiger partial charge is 0.269 e. The fourth-order valence-corrected chi connectivity index (χ4v) is 2.07. The number of amides is 1. The molecule has 0 radical (unpaired) electrons. The summed E-state index contributed by atoms with van der Waals surface area (Å²) in [6.07, 6.45) is 1.51. The summed E-state index contributed by atoms with van der Waals surface area (Å²) in [6, 6.07) is 11.0. The molecule has 25 heavy (non-hydrogen) atoms. The number of ether oxygens (including phenoxy) is 2. The molecule has 0 unspecified atom stereocenters. The number of rotatable bonds is 7. The second-order valence-corrected chi connectivity index (χ2v) is 5.00. The summed E-state index contributed by atoms with van der Waals surface area (Å²) in [4.78, 5) is 22.0. The van der Waals surface area contributed by atoms with Gasteiger partial charge in [0.15, 0.2) is 0 Å². The number of nitrogens with zero attached hydrogens (tertiary/aromatic N) is 2. The third-order valence-corrected chi connectivity index (χ3v) is 3.34. The molecule has 0 spiro atoms. The highest BCUT2D eigenvalue weighted by Gasteiger charge is 2.07. The van der Waals surface area contributed by atoms with Crippen molar-refractivity contribution >= 4 is 17.8 Å². The van der Waals surface area contributed by atoms with Gasteiger partial charge in [-0.3, -0.25) is 14.9 Å². The Morgan fingerprint density at radius 3 is 2.52 bits per heavy atom. The molecule has 0 bridgehead atoms. The first-order chi connectivity index (χ1) is 12.0. The van der Waals surface area contributed by atoms with Crippen LogP contribution < -0.4 is 14.9 Å². The maximum Gasteiger partial charge on any atom is 0.269 e. The molecule has 0 aromatic heterocycles. The molecule has 0 aliphatic carbocycles. The molecule has 8 heteroatoms. The Kier molecular flexibility index (Phi) is 6.05. The number of hydrogen-bond donors (Lipinski definition) is 1. The Labute approximate surface area is 144 Å². The van der Waals surface area contributed by atoms with E-state index in [1.54, 1.807) is 25.3 Å². The second kappa shape index (κ2) is 8.44. The van der Waals surface area contributed by atoms with Gasteiger partial charge in [-0.1, -0.05) is 12.1 Å². The number of methoxy groups -OCH3 is 2. The molecule has 0 fully saturated rings. The molecule has 2 rings (SSSR count). The Balaban J connectivity index is 1.97. The van der Waals surface area contributed by atoms with Crippen LogP contribution in [0.4, 0.5) is 5.69 Å². The zero-order valence-electron chi connectivity index (χ0n) is 13.8. The number of carbonyl (C=O) groups is 1. The SMILES string of the molecule is COc1ccc(OC)c(C=NNC(=O)Cc2ccc([N+](=O)[O-])cc2)c1. The van der Waals surface area contributed by atoms with Gasteiger partial charge < -0.3 is 9.47 Å². The van der Waals surface area contributed by atoms with Crippen LogP contribution in [-0.2, 0) is 11.2 Å². The number of non-ortho nitro benzene ring substituents is 1. The Morgan fingerprint density at radius 2 is 1.92 bits per heavy atom. The van der Waals surface area contributed by atoms with Crippen LogP contribution in [0.25, 0.3) is 0 Å². The summed E-state index contributed by atoms with van der Waals surface area (Å²) in [5.41, 5.74) is 3.69. The van der Waals surface area contributed by atoms with Crippen LogP contribution in [0.5, 0.6) is 11.5 Å². The molecular formula is C17H17N3O5. The lowest BCUT2D eigenvalue weighted by atomic mass is 10.1. The van der Waals surface area contributed by atoms with E-state index < -0.39 is 4.92 Å². The van der Waals surface area contributed by atoms with Gasteiger partial charge in [0, 0.05) is 17.7 Å². The molecule has 1 amide bonds. The summed E-state index contributed by atoms with van der Waals surface area (Å²) >= 11 is 0. The van der Waals surface area contributed by atoms with Crippen molar-refractivity contribution in [2.75, 3.05) is 14.2 Å². The van der Waals surface area contributed by atoms with Crippen molar-refractivity contribution in [2.45, 2.75) is 6.42 Å². The standard InChI is InChI=1S/C17H17N3O5/c1-24-15-7-8-16(25-2)13(10-15)11-18-19-17(21)9-12-3-5-14(6-4-12)20(22)23/h3-8,10-11H,9H2,1-2H3,(H,19,21). The number of hydrogen-bond acceptors (Lipinski definition) is 6. The van der Waals surface area contributed by atoms with Gasteiger partial charge in [0.1, 0.15) is 11.5 Å². The molecule has 0 saturated heterocycles. The van der Waals surface area contributed by atoms with E-state index in [1.165, 1.54) is 37.6 Å². The van der Waals surface area contributed by atoms with E-state index in [-0.39, 0.29) is 18.0 Å². The van der Waals surface area contributed by atoms with Gasteiger partial charge in [-0.2, -0.15) is 5.10 Å². The highest BCUT2D eigenvalue weighted by Crippen LogP contribution is 2.22. The van der Waals surface area contributed by atoms with Gasteiger partial charge in [-0.25, -0.2) is 5.43 Å². The van der Waals surface area contributed by atoms with Gasteiger partial charge in [0.2, 0.25) is 5.91 Å². The number of nitrogens with one attached hydrogen (secondary N) is 1. The van der Waals surface area contributed by atoms with Gasteiger partial charge in [-0.15, -0.1) is 0 Å². The Hall–Kier alpha value is -3.42. The third kappa shape index (κ3) is 5.03. The summed E-state index contributed by atoms with van der Waals surface area (Å²) in [7, 11) is 3.08. The molecule has 8 nitrogen and oxygen atoms in total. The van der Waals surface area contributed by atoms with Crippen molar-refractivity contribution in [3.63, 3.8) is 0 Å². The second-order valence-electron chi connectivity index (χ2n) is 5.00. The van der Waals surface area contributed by atoms with Crippen molar-refractivity contribution in [1.29, 1.82) is 0 Å². The van der Waals surface area contributed by atoms with Crippen LogP contribution in [0, 0.1) is 10.1 Å². The van der Waals surface area contributed by atoms with E-state index in [0.717, 1.165) is 0 Å². The topological polar surface area (TPSA) is 103 Å². The molecule has 130 valence electrons. The lowest BCUT2D eigenvalue weighted by Gasteiger charge is -2.06. The predicted octanol–water partition coefficient (Wildman–Crippen LogP) is 2.30. The van der Waals surface area contributed by atoms with Gasteiger partial charge in [0.05, 0.1) is 31.8 Å². The summed E-state index contributed by atoms with van der Waals surface area (Å²) in [5, 5.41) is 14.5. The molecule has 0 aliphatic heterocycles. The van der Waals surface area contributed by atoms with E-state index in [1.807, 2.05) is 0 Å². The molecule has 0 heterocycles. The molecule has 2 aromatic rings. The van der Waals surface area contributed by atoms with E-state index in [4.69, 9.17) is 9.47 Å². The van der Waals surface area contributed by atoms with Crippen LogP contribution in [0.1, 0.15) is 11.1 Å². The minimum Gasteiger partial charge on any atom is -0.497 e. The highest BCUT2D eigenvalue weighted by atomic mass is 16.6. The first kappa shape index (κ1) is 17.9. The minimum absolute atomic E-state index is 0.0210. The third-order valence-electron chi connectivity index (χ3n) is 3.34. The average Bonchev–Trinajstić information content (AvgIpc) is 2.62. The van der Waals surface area contributed by atoms with Crippen molar-refractivity contribution in [2.24, 2.45) is 5.10 Å². The molecule has 0 aliphatic rings. The summed E-state index contributed by atoms with van der Waals surface area (Å²) < 4.78 is 10.3. The number of benzene rings is 2. The van der Waals surface area contributed by atoms with Crippen molar-refractivity contribution in [3.8, 4) is 11.5 Å². The zero-order valence-corrected chi connectivity index (χ0v) is 13.8. The highest BCUT2D eigenvalue weighted by molar-refractivity contribution is 5.86. The first-order valence-corrected chi connectivity index (χ1v) is 7.30. The van der Waals surface area contributed by atoms with Crippen LogP contribution in [0.2, 0.25) is 0 Å². The number of carbonyl (C=O) groups excluding carboxylic acids is 1. The lowest BCUT2D eigenvalue weighted by molar-refractivity contribution is -0.384. The number of nitro benzene ring substituents is 1. The Morgan fingerprint density at radius 1 is 1.20 bits per heavy atom. The summed E-state index contributed by atoms with van der Waals surface area (Å²) in [6.45, 7) is 0. The quantitative estimate of drug-likeness (QED) is 0.472. The van der Waals surface area contributed by atoms with E-state index in [2.05, 4.69) is 10.5 Å². The molecule has 0 atom stereocenters. The van der Waals surface area contributed by atoms with Crippen LogP contribution in [-0.4, -0.2) is 31.3 Å². The molecular weight excluding hydrogens is 326 g/mol. The maximum absolute atomic E-state index is 11.9. The van der Waals surface area contributed by atoms with E-state index in [9.17, 15) is 14.9 Å². The zero-order chi connectivity index (χ0) is 18.2. The monoisotopic (exact) mass is 343 g/mol. The minimum atomic E-state index is -0.490. The molecule has 2 aromatic carbocycles. The van der Waals surface area contributed by atoms with Crippen LogP contribution in [0.3, 0.4) is 0 Å². The maximum atomic E-state index is 11.9. The van der Waals surface area contributed by atoms with Crippen molar-refractivity contribution < 1.29 is 19.2 Å². The van der Waals surface area contributed by atoms with E-state index >= 15 is 0 Å². The van der Waals surface area contributed by atoms with Gasteiger partial charge >= 0.3 is 0 Å². The molecule has 1 N–H and O–H groups in total. The lowest BCUT2D eigenvalue weighted by Crippen LogP contribution is -2.19. The number of nitro groups is 1. The summed E-state index contributed by atoms with van der Waals surface area (Å²) in [5.74, 6) is 0.889. The average molecular weight is 343 g/mol. The van der Waals surface area contributed by atoms with Crippen LogP contribution >= 0.6 is 0 Å². The Bertz CT molecular complexity index is 787. The fourth-order valence-electron chi connectivity index (χ4n) is 2.07. The molecule has 0 saturated carbocycles. The fraction of sp³-hybridized carbons (Fsp3) is 0.176. The predicted molar refractivity (Wildman–Crippen MR) is 92.1 cm³/mol. The first-order valence-electron chi connectivity index (χ1n) is 7.30. The van der Waals surface area contributed by atoms with E-state index in [0.29, 0.717) is 22.6 Å².